The van der Waals surface area contributed by atoms with Crippen LogP contribution in [0.5, 0.6) is 0 Å². The van der Waals surface area contributed by atoms with Gasteiger partial charge in [-0.25, -0.2) is 13.9 Å². The van der Waals surface area contributed by atoms with Gasteiger partial charge in [-0.05, 0) is 44.2 Å². The Morgan fingerprint density at radius 1 is 1.26 bits per heavy atom. The molecular weight excluding hydrogens is 384 g/mol. The number of hydrogen-bond donors (Lipinski definition) is 1. The Morgan fingerprint density at radius 2 is 1.93 bits per heavy atom. The van der Waals surface area contributed by atoms with Crippen molar-refractivity contribution in [1.82, 2.24) is 19.9 Å². The van der Waals surface area contributed by atoms with Crippen LogP contribution in [0.15, 0.2) is 30.3 Å². The Kier molecular flexibility index (Phi) is 5.01. The second-order valence-corrected chi connectivity index (χ2v) is 6.90. The van der Waals surface area contributed by atoms with Gasteiger partial charge in [0.2, 0.25) is 15.9 Å². The van der Waals surface area contributed by atoms with Crippen molar-refractivity contribution in [3.63, 3.8) is 0 Å². The Bertz CT molecular complexity index is 1000. The molecule has 1 amide bonds. The maximum atomic E-state index is 13.2. The Balaban J connectivity index is 2.11. The van der Waals surface area contributed by atoms with Crippen LogP contribution in [-0.2, 0) is 11.0 Å². The quantitative estimate of drug-likeness (QED) is 0.531. The number of aromatic nitrogens is 3. The summed E-state index contributed by atoms with van der Waals surface area (Å²) in [4.78, 5) is 16.1. The summed E-state index contributed by atoms with van der Waals surface area (Å²) in [6.45, 7) is 3.56. The lowest BCUT2D eigenvalue weighted by atomic mass is 10.1. The van der Waals surface area contributed by atoms with Crippen molar-refractivity contribution >= 4 is 28.3 Å². The van der Waals surface area contributed by atoms with Crippen LogP contribution in [0, 0.1) is 5.82 Å². The second-order valence-electron chi connectivity index (χ2n) is 5.95. The third kappa shape index (κ3) is 4.16. The van der Waals surface area contributed by atoms with E-state index in [9.17, 15) is 22.4 Å². The number of fused-ring (bicyclic) bond motifs is 1. The summed E-state index contributed by atoms with van der Waals surface area (Å²) in [7, 11) is 0. The number of alkyl halides is 3. The van der Waals surface area contributed by atoms with Gasteiger partial charge in [0.25, 0.3) is 0 Å². The molecule has 2 heterocycles. The van der Waals surface area contributed by atoms with E-state index < -0.39 is 22.9 Å². The standard InChI is InChI=1S/C17H14F4N4OS/c1-9(2)22-13(26)8-7-12-14(10-3-5-11(18)6-4-10)23-16-25(12)24-15(27-16)17(19,20)21/h3-9H,1-2H3,(H,22,26)/b8-7+. The number of imidazole rings is 1. The molecule has 0 bridgehead atoms. The van der Waals surface area contributed by atoms with E-state index in [2.05, 4.69) is 15.4 Å². The van der Waals surface area contributed by atoms with Gasteiger partial charge < -0.3 is 5.32 Å². The molecule has 142 valence electrons. The van der Waals surface area contributed by atoms with Crippen molar-refractivity contribution in [3.8, 4) is 11.3 Å². The number of carbonyl (C=O) groups is 1. The lowest BCUT2D eigenvalue weighted by Gasteiger charge is -2.04. The SMILES string of the molecule is CC(C)NC(=O)/C=C/c1c(-c2ccc(F)cc2)nc2sc(C(F)(F)F)nn12. The number of nitrogens with one attached hydrogen (secondary N) is 1. The van der Waals surface area contributed by atoms with Gasteiger partial charge in [0.05, 0.1) is 11.4 Å². The van der Waals surface area contributed by atoms with E-state index >= 15 is 0 Å². The molecule has 0 aliphatic heterocycles. The molecule has 2 aromatic heterocycles. The molecule has 0 aliphatic rings. The van der Waals surface area contributed by atoms with E-state index in [4.69, 9.17) is 0 Å². The van der Waals surface area contributed by atoms with Crippen molar-refractivity contribution in [2.75, 3.05) is 0 Å². The van der Waals surface area contributed by atoms with Crippen LogP contribution in [0.3, 0.4) is 0 Å². The van der Waals surface area contributed by atoms with Crippen LogP contribution in [0.4, 0.5) is 17.6 Å². The third-order valence-corrected chi connectivity index (χ3v) is 4.38. The van der Waals surface area contributed by atoms with Gasteiger partial charge in [0.1, 0.15) is 5.82 Å². The summed E-state index contributed by atoms with van der Waals surface area (Å²) in [6.07, 6.45) is -2.06. The molecule has 5 nitrogen and oxygen atoms in total. The maximum absolute atomic E-state index is 13.2. The molecule has 0 atom stereocenters. The third-order valence-electron chi connectivity index (χ3n) is 3.42. The molecule has 0 spiro atoms. The number of halogens is 4. The van der Waals surface area contributed by atoms with Gasteiger partial charge in [0, 0.05) is 17.7 Å². The first-order chi connectivity index (χ1) is 12.6. The van der Waals surface area contributed by atoms with Gasteiger partial charge >= 0.3 is 6.18 Å². The van der Waals surface area contributed by atoms with Gasteiger partial charge in [0.15, 0.2) is 0 Å². The van der Waals surface area contributed by atoms with Crippen LogP contribution in [0.1, 0.15) is 24.5 Å². The molecule has 0 saturated heterocycles. The summed E-state index contributed by atoms with van der Waals surface area (Å²) in [5.41, 5.74) is 0.991. The predicted molar refractivity (Wildman–Crippen MR) is 93.6 cm³/mol. The van der Waals surface area contributed by atoms with Gasteiger partial charge in [-0.3, -0.25) is 4.79 Å². The highest BCUT2D eigenvalue weighted by Crippen LogP contribution is 2.35. The minimum atomic E-state index is -4.60. The van der Waals surface area contributed by atoms with Crippen LogP contribution in [0.25, 0.3) is 22.3 Å². The Hall–Kier alpha value is -2.75. The van der Waals surface area contributed by atoms with Crippen molar-refractivity contribution in [1.29, 1.82) is 0 Å². The summed E-state index contributed by atoms with van der Waals surface area (Å²) < 4.78 is 53.0. The molecule has 3 aromatic rings. The molecule has 1 N–H and O–H groups in total. The zero-order valence-electron chi connectivity index (χ0n) is 14.2. The average Bonchev–Trinajstić information content (AvgIpc) is 3.11. The molecule has 10 heteroatoms. The van der Waals surface area contributed by atoms with E-state index in [1.807, 2.05) is 0 Å². The lowest BCUT2D eigenvalue weighted by molar-refractivity contribution is -0.138. The minimum absolute atomic E-state index is 0.0190. The number of rotatable bonds is 4. The molecule has 0 radical (unpaired) electrons. The van der Waals surface area contributed by atoms with Crippen molar-refractivity contribution < 1.29 is 22.4 Å². The van der Waals surface area contributed by atoms with Crippen LogP contribution in [0.2, 0.25) is 0 Å². The first-order valence-electron chi connectivity index (χ1n) is 7.86. The van der Waals surface area contributed by atoms with E-state index in [0.29, 0.717) is 22.6 Å². The second kappa shape index (κ2) is 7.10. The van der Waals surface area contributed by atoms with E-state index in [-0.39, 0.29) is 16.7 Å². The van der Waals surface area contributed by atoms with Crippen molar-refractivity contribution in [3.05, 3.63) is 46.9 Å². The zero-order valence-corrected chi connectivity index (χ0v) is 15.0. The number of amides is 1. The fourth-order valence-electron chi connectivity index (χ4n) is 2.34. The summed E-state index contributed by atoms with van der Waals surface area (Å²) in [5, 5.41) is 5.18. The number of carbonyl (C=O) groups excluding carboxylic acids is 1. The normalized spacial score (nSPS) is 12.4. The lowest BCUT2D eigenvalue weighted by Crippen LogP contribution is -2.28. The van der Waals surface area contributed by atoms with Crippen LogP contribution < -0.4 is 5.32 Å². The number of hydrogen-bond acceptors (Lipinski definition) is 4. The van der Waals surface area contributed by atoms with Crippen LogP contribution >= 0.6 is 11.3 Å². The molecule has 3 rings (SSSR count). The van der Waals surface area contributed by atoms with E-state index in [1.165, 1.54) is 36.4 Å². The zero-order chi connectivity index (χ0) is 19.8. The Labute approximate surface area is 155 Å². The van der Waals surface area contributed by atoms with Gasteiger partial charge in [-0.2, -0.15) is 13.2 Å². The van der Waals surface area contributed by atoms with E-state index in [1.54, 1.807) is 13.8 Å². The van der Waals surface area contributed by atoms with Gasteiger partial charge in [-0.15, -0.1) is 5.10 Å². The first-order valence-corrected chi connectivity index (χ1v) is 8.68. The van der Waals surface area contributed by atoms with E-state index in [0.717, 1.165) is 4.52 Å². The fourth-order valence-corrected chi connectivity index (χ4v) is 3.11. The van der Waals surface area contributed by atoms with Crippen molar-refractivity contribution in [2.45, 2.75) is 26.1 Å². The Morgan fingerprint density at radius 3 is 2.52 bits per heavy atom. The molecule has 1 aromatic carbocycles. The first kappa shape index (κ1) is 19.0. The summed E-state index contributed by atoms with van der Waals surface area (Å²) in [5.74, 6) is -0.859. The number of nitrogens with zero attached hydrogens (tertiary/aromatic N) is 3. The maximum Gasteiger partial charge on any atom is 0.445 e. The minimum Gasteiger partial charge on any atom is -0.350 e. The summed E-state index contributed by atoms with van der Waals surface area (Å²) in [6, 6.07) is 5.25. The molecular formula is C17H14F4N4OS. The predicted octanol–water partition coefficient (Wildman–Crippen LogP) is 4.15. The van der Waals surface area contributed by atoms with Gasteiger partial charge in [-0.1, -0.05) is 11.3 Å². The highest BCUT2D eigenvalue weighted by Gasteiger charge is 2.36. The number of benzene rings is 1. The highest BCUT2D eigenvalue weighted by atomic mass is 32.1. The van der Waals surface area contributed by atoms with Crippen molar-refractivity contribution in [2.24, 2.45) is 0 Å². The molecule has 0 aliphatic carbocycles. The summed E-state index contributed by atoms with van der Waals surface area (Å²) >= 11 is 0.389. The smallest absolute Gasteiger partial charge is 0.350 e. The molecule has 0 saturated carbocycles. The van der Waals surface area contributed by atoms with Crippen LogP contribution in [-0.4, -0.2) is 26.5 Å². The molecule has 0 unspecified atom stereocenters. The molecule has 27 heavy (non-hydrogen) atoms. The average molecular weight is 398 g/mol. The largest absolute Gasteiger partial charge is 0.445 e. The molecule has 0 fully saturated rings. The monoisotopic (exact) mass is 398 g/mol. The topological polar surface area (TPSA) is 59.3 Å². The fraction of sp³-hybridized carbons (Fsp3) is 0.235. The highest BCUT2D eigenvalue weighted by molar-refractivity contribution is 7.16.